The number of hydrogen-bond donors (Lipinski definition) is 0. The van der Waals surface area contributed by atoms with Crippen molar-refractivity contribution in [3.8, 4) is 17.6 Å². The van der Waals surface area contributed by atoms with E-state index in [4.69, 9.17) is 21.6 Å². The highest BCUT2D eigenvalue weighted by molar-refractivity contribution is 6.30. The third-order valence-electron chi connectivity index (χ3n) is 2.09. The van der Waals surface area contributed by atoms with E-state index in [-0.39, 0.29) is 5.56 Å². The molecule has 0 atom stereocenters. The minimum absolute atomic E-state index is 0.143. The molecule has 0 aliphatic carbocycles. The Bertz CT molecular complexity index is 592. The van der Waals surface area contributed by atoms with Crippen molar-refractivity contribution < 1.29 is 9.13 Å². The second-order valence-corrected chi connectivity index (χ2v) is 3.75. The van der Waals surface area contributed by atoms with Crippen LogP contribution in [-0.4, -0.2) is 0 Å². The first-order valence-electron chi connectivity index (χ1n) is 4.82. The molecule has 0 fully saturated rings. The highest BCUT2D eigenvalue weighted by atomic mass is 35.5. The summed E-state index contributed by atoms with van der Waals surface area (Å²) in [5, 5.41) is 9.38. The maximum absolute atomic E-state index is 12.9. The summed E-state index contributed by atoms with van der Waals surface area (Å²) in [6.07, 6.45) is 0. The molecule has 0 unspecified atom stereocenters. The maximum atomic E-state index is 12.9. The Labute approximate surface area is 103 Å². The van der Waals surface area contributed by atoms with Gasteiger partial charge in [0.05, 0.1) is 5.56 Å². The van der Waals surface area contributed by atoms with Crippen LogP contribution in [-0.2, 0) is 0 Å². The quantitative estimate of drug-likeness (QED) is 0.799. The molecule has 0 spiro atoms. The zero-order valence-corrected chi connectivity index (χ0v) is 9.41. The van der Waals surface area contributed by atoms with Gasteiger partial charge in [0.1, 0.15) is 23.4 Å². The lowest BCUT2D eigenvalue weighted by atomic mass is 10.2. The Hall–Kier alpha value is -2.05. The van der Waals surface area contributed by atoms with E-state index in [9.17, 15) is 4.39 Å². The fraction of sp³-hybridized carbons (Fsp3) is 0. The molecule has 2 rings (SSSR count). The Morgan fingerprint density at radius 2 is 2.00 bits per heavy atom. The normalized spacial score (nSPS) is 9.71. The Morgan fingerprint density at radius 3 is 2.71 bits per heavy atom. The third kappa shape index (κ3) is 2.74. The smallest absolute Gasteiger partial charge is 0.145 e. The van der Waals surface area contributed by atoms with Gasteiger partial charge in [-0.25, -0.2) is 4.39 Å². The summed E-state index contributed by atoms with van der Waals surface area (Å²) in [4.78, 5) is 0. The molecule has 2 aromatic carbocycles. The number of hydrogen-bond acceptors (Lipinski definition) is 2. The lowest BCUT2D eigenvalue weighted by Gasteiger charge is -2.07. The Kier molecular flexibility index (Phi) is 3.27. The molecule has 0 amide bonds. The molecule has 0 radical (unpaired) electrons. The number of rotatable bonds is 2. The lowest BCUT2D eigenvalue weighted by molar-refractivity contribution is 0.479. The van der Waals surface area contributed by atoms with E-state index in [1.807, 2.05) is 6.07 Å². The second kappa shape index (κ2) is 4.86. The van der Waals surface area contributed by atoms with E-state index in [0.29, 0.717) is 16.5 Å². The van der Waals surface area contributed by atoms with Crippen LogP contribution in [0.15, 0.2) is 42.5 Å². The first kappa shape index (κ1) is 11.4. The summed E-state index contributed by atoms with van der Waals surface area (Å²) in [6.45, 7) is 0. The zero-order valence-electron chi connectivity index (χ0n) is 8.65. The summed E-state index contributed by atoms with van der Waals surface area (Å²) < 4.78 is 18.4. The SMILES string of the molecule is N#Cc1cc(F)ccc1Oc1cccc(Cl)c1. The molecule has 0 aliphatic heterocycles. The number of nitrogens with zero attached hydrogens (tertiary/aromatic N) is 1. The summed E-state index contributed by atoms with van der Waals surface area (Å²) in [6, 6.07) is 12.4. The first-order chi connectivity index (χ1) is 8.19. The van der Waals surface area contributed by atoms with Crippen LogP contribution in [0.4, 0.5) is 4.39 Å². The average Bonchev–Trinajstić information content (AvgIpc) is 2.31. The first-order valence-corrected chi connectivity index (χ1v) is 5.20. The number of ether oxygens (including phenoxy) is 1. The van der Waals surface area contributed by atoms with Crippen molar-refractivity contribution >= 4 is 11.6 Å². The molecular weight excluding hydrogens is 241 g/mol. The van der Waals surface area contributed by atoms with Gasteiger partial charge in [-0.3, -0.25) is 0 Å². The van der Waals surface area contributed by atoms with Crippen molar-refractivity contribution in [2.45, 2.75) is 0 Å². The van der Waals surface area contributed by atoms with Crippen LogP contribution in [0.3, 0.4) is 0 Å². The van der Waals surface area contributed by atoms with Crippen LogP contribution in [0.1, 0.15) is 5.56 Å². The van der Waals surface area contributed by atoms with Crippen LogP contribution in [0.5, 0.6) is 11.5 Å². The zero-order chi connectivity index (χ0) is 12.3. The molecular formula is C13H7ClFNO. The number of halogens is 2. The van der Waals surface area contributed by atoms with Crippen LogP contribution < -0.4 is 4.74 Å². The van der Waals surface area contributed by atoms with Gasteiger partial charge in [0.25, 0.3) is 0 Å². The monoisotopic (exact) mass is 247 g/mol. The van der Waals surface area contributed by atoms with Crippen molar-refractivity contribution in [3.05, 3.63) is 58.9 Å². The molecule has 2 aromatic rings. The van der Waals surface area contributed by atoms with E-state index < -0.39 is 5.82 Å². The summed E-state index contributed by atoms with van der Waals surface area (Å²) >= 11 is 5.80. The van der Waals surface area contributed by atoms with E-state index in [1.54, 1.807) is 24.3 Å². The molecule has 84 valence electrons. The molecule has 0 aliphatic rings. The standard InChI is InChI=1S/C13H7ClFNO/c14-10-2-1-3-12(7-10)17-13-5-4-11(15)6-9(13)8-16/h1-7H. The van der Waals surface area contributed by atoms with E-state index in [1.165, 1.54) is 12.1 Å². The summed E-state index contributed by atoms with van der Waals surface area (Å²) in [5.74, 6) is 0.330. The molecule has 17 heavy (non-hydrogen) atoms. The minimum Gasteiger partial charge on any atom is -0.456 e. The van der Waals surface area contributed by atoms with Gasteiger partial charge in [-0.15, -0.1) is 0 Å². The average molecular weight is 248 g/mol. The van der Waals surface area contributed by atoms with Gasteiger partial charge >= 0.3 is 0 Å². The van der Waals surface area contributed by atoms with E-state index in [2.05, 4.69) is 0 Å². The lowest BCUT2D eigenvalue weighted by Crippen LogP contribution is -1.89. The largest absolute Gasteiger partial charge is 0.456 e. The van der Waals surface area contributed by atoms with Gasteiger partial charge in [0.2, 0.25) is 0 Å². The van der Waals surface area contributed by atoms with E-state index in [0.717, 1.165) is 6.07 Å². The molecule has 0 aromatic heterocycles. The molecule has 0 N–H and O–H groups in total. The van der Waals surface area contributed by atoms with Crippen molar-refractivity contribution in [1.82, 2.24) is 0 Å². The van der Waals surface area contributed by atoms with Crippen molar-refractivity contribution in [2.24, 2.45) is 0 Å². The van der Waals surface area contributed by atoms with Gasteiger partial charge in [0.15, 0.2) is 0 Å². The fourth-order valence-electron chi connectivity index (χ4n) is 1.34. The predicted octanol–water partition coefficient (Wildman–Crippen LogP) is 4.14. The van der Waals surface area contributed by atoms with Gasteiger partial charge in [-0.05, 0) is 36.4 Å². The van der Waals surface area contributed by atoms with Crippen molar-refractivity contribution in [3.63, 3.8) is 0 Å². The topological polar surface area (TPSA) is 33.0 Å². The molecule has 0 saturated carbocycles. The molecule has 2 nitrogen and oxygen atoms in total. The highest BCUT2D eigenvalue weighted by Gasteiger charge is 2.06. The molecule has 0 heterocycles. The Morgan fingerprint density at radius 1 is 1.18 bits per heavy atom. The molecule has 0 bridgehead atoms. The van der Waals surface area contributed by atoms with Crippen LogP contribution in [0.25, 0.3) is 0 Å². The van der Waals surface area contributed by atoms with Crippen molar-refractivity contribution in [1.29, 1.82) is 5.26 Å². The highest BCUT2D eigenvalue weighted by Crippen LogP contribution is 2.27. The number of benzene rings is 2. The summed E-state index contributed by atoms with van der Waals surface area (Å²) in [5.41, 5.74) is 0.143. The van der Waals surface area contributed by atoms with Crippen molar-refractivity contribution in [2.75, 3.05) is 0 Å². The Balaban J connectivity index is 2.34. The van der Waals surface area contributed by atoms with Gasteiger partial charge in [-0.1, -0.05) is 17.7 Å². The number of nitriles is 1. The van der Waals surface area contributed by atoms with Gasteiger partial charge in [0, 0.05) is 5.02 Å². The van der Waals surface area contributed by atoms with Crippen LogP contribution in [0, 0.1) is 17.1 Å². The summed E-state index contributed by atoms with van der Waals surface area (Å²) in [7, 11) is 0. The van der Waals surface area contributed by atoms with Crippen LogP contribution in [0.2, 0.25) is 5.02 Å². The third-order valence-corrected chi connectivity index (χ3v) is 2.32. The predicted molar refractivity (Wildman–Crippen MR) is 62.6 cm³/mol. The second-order valence-electron chi connectivity index (χ2n) is 3.31. The molecule has 4 heteroatoms. The maximum Gasteiger partial charge on any atom is 0.145 e. The van der Waals surface area contributed by atoms with Gasteiger partial charge < -0.3 is 4.74 Å². The van der Waals surface area contributed by atoms with Crippen LogP contribution >= 0.6 is 11.6 Å². The minimum atomic E-state index is -0.472. The fourth-order valence-corrected chi connectivity index (χ4v) is 1.52. The van der Waals surface area contributed by atoms with Gasteiger partial charge in [-0.2, -0.15) is 5.26 Å². The van der Waals surface area contributed by atoms with E-state index >= 15 is 0 Å². The molecule has 0 saturated heterocycles.